The van der Waals surface area contributed by atoms with Gasteiger partial charge >= 0.3 is 5.97 Å². The molecule has 36 heavy (non-hydrogen) atoms. The van der Waals surface area contributed by atoms with E-state index in [1.807, 2.05) is 6.92 Å². The number of rotatable bonds is 9. The van der Waals surface area contributed by atoms with Gasteiger partial charge < -0.3 is 20.1 Å². The van der Waals surface area contributed by atoms with Gasteiger partial charge in [-0.1, -0.05) is 49.9 Å². The molecule has 0 bridgehead atoms. The van der Waals surface area contributed by atoms with E-state index in [-0.39, 0.29) is 28.8 Å². The quantitative estimate of drug-likeness (QED) is 0.189. The van der Waals surface area contributed by atoms with E-state index in [0.717, 1.165) is 11.8 Å². The minimum absolute atomic E-state index is 0.00491. The van der Waals surface area contributed by atoms with Crippen LogP contribution in [-0.2, 0) is 16.1 Å². The number of benzene rings is 2. The molecule has 0 fully saturated rings. The third-order valence-corrected chi connectivity index (χ3v) is 5.12. The predicted octanol–water partition coefficient (Wildman–Crippen LogP) is 4.98. The van der Waals surface area contributed by atoms with E-state index in [2.05, 4.69) is 38.5 Å². The zero-order chi connectivity index (χ0) is 27.4. The average Bonchev–Trinajstić information content (AvgIpc) is 3.13. The second kappa shape index (κ2) is 14.1. The summed E-state index contributed by atoms with van der Waals surface area (Å²) in [7, 11) is 0. The molecule has 0 unspecified atom stereocenters. The van der Waals surface area contributed by atoms with Crippen LogP contribution >= 0.6 is 0 Å². The van der Waals surface area contributed by atoms with Crippen molar-refractivity contribution in [3.63, 3.8) is 0 Å². The number of halogens is 1. The van der Waals surface area contributed by atoms with E-state index in [4.69, 9.17) is 15.6 Å². The first-order chi connectivity index (χ1) is 17.2. The number of aromatic nitrogens is 1. The van der Waals surface area contributed by atoms with Crippen molar-refractivity contribution in [3.05, 3.63) is 65.9 Å². The summed E-state index contributed by atoms with van der Waals surface area (Å²) in [6.45, 7) is 8.10. The molecule has 0 radical (unpaired) electrons. The maximum absolute atomic E-state index is 13.1. The number of Topliss-reactive ketones (excluding diaryl/α,β-unsaturated/α-hetero) is 1. The van der Waals surface area contributed by atoms with Crippen LogP contribution in [0.25, 0.3) is 21.7 Å². The number of carboxylic acids is 1. The fourth-order valence-electron chi connectivity index (χ4n) is 3.64. The van der Waals surface area contributed by atoms with Crippen molar-refractivity contribution in [2.24, 2.45) is 5.73 Å². The Morgan fingerprint density at radius 1 is 1.25 bits per heavy atom. The number of nitrogens with zero attached hydrogens (tertiary/aromatic N) is 1. The van der Waals surface area contributed by atoms with Crippen LogP contribution in [0.15, 0.2) is 54.6 Å². The summed E-state index contributed by atoms with van der Waals surface area (Å²) < 4.78 is 20.3. The molecule has 0 aliphatic heterocycles. The topological polar surface area (TPSA) is 112 Å². The fraction of sp³-hybridized carbons (Fsp3) is 0.250. The number of carbonyl (C=O) groups is 3. The molecule has 7 nitrogen and oxygen atoms in total. The number of allylic oxidation sites excluding steroid dienone is 3. The lowest BCUT2D eigenvalue weighted by Gasteiger charge is -2.12. The minimum atomic E-state index is -1.20. The Morgan fingerprint density at radius 2 is 1.89 bits per heavy atom. The molecule has 2 aromatic carbocycles. The Kier molecular flexibility index (Phi) is 11.6. The highest BCUT2D eigenvalue weighted by Gasteiger charge is 2.27. The third kappa shape index (κ3) is 6.83. The van der Waals surface area contributed by atoms with Crippen molar-refractivity contribution < 1.29 is 28.6 Å². The van der Waals surface area contributed by atoms with Gasteiger partial charge in [-0.05, 0) is 37.3 Å². The lowest BCUT2D eigenvalue weighted by Crippen LogP contribution is -2.24. The Bertz CT molecular complexity index is 1320. The van der Waals surface area contributed by atoms with Gasteiger partial charge in [-0.15, -0.1) is 12.8 Å². The van der Waals surface area contributed by atoms with Crippen molar-refractivity contribution >= 4 is 39.3 Å². The number of ketones is 1. The summed E-state index contributed by atoms with van der Waals surface area (Å²) in [4.78, 5) is 35.4. The van der Waals surface area contributed by atoms with Crippen molar-refractivity contribution in [2.75, 3.05) is 13.3 Å². The summed E-state index contributed by atoms with van der Waals surface area (Å²) in [5.41, 5.74) is 6.38. The highest BCUT2D eigenvalue weighted by molar-refractivity contribution is 6.45. The van der Waals surface area contributed by atoms with Gasteiger partial charge in [0.1, 0.15) is 12.4 Å². The first-order valence-corrected chi connectivity index (χ1v) is 11.1. The predicted molar refractivity (Wildman–Crippen MR) is 141 cm³/mol. The normalized spacial score (nSPS) is 10.3. The Balaban J connectivity index is 0.000000826. The van der Waals surface area contributed by atoms with E-state index in [1.54, 1.807) is 41.8 Å². The van der Waals surface area contributed by atoms with Crippen molar-refractivity contribution in [3.8, 4) is 18.6 Å². The van der Waals surface area contributed by atoms with Gasteiger partial charge in [0.25, 0.3) is 11.7 Å². The summed E-state index contributed by atoms with van der Waals surface area (Å²) in [6, 6.07) is 8.83. The van der Waals surface area contributed by atoms with E-state index in [0.29, 0.717) is 16.6 Å². The standard InChI is InChI=1S/C21H19FN2O5.C5H10.C2H2/c1-11(8-22)9-24-12(2)17(19(27)21(23)28)18-15(24)7-13-5-3-4-6-14(13)20(18)29-10-16(25)26;1-3-5-4-2;1-2/h3-7H,1,8-10H2,2H3,(H2,23,28)(H,25,26);3,5H,4H2,1-2H3;1-2H/b;5-3-;. The SMILES string of the molecule is C#C.C/C=C\CC.C=C(CF)Cn1c(C)c(C(=O)C(N)=O)c2c(OCC(=O)O)c3ccccc3cc21. The summed E-state index contributed by atoms with van der Waals surface area (Å²) in [5.74, 6) is -3.14. The number of carboxylic acid groups (broad SMARTS) is 1. The third-order valence-electron chi connectivity index (χ3n) is 5.12. The largest absolute Gasteiger partial charge is 0.481 e. The van der Waals surface area contributed by atoms with E-state index in [1.165, 1.54) is 0 Å². The van der Waals surface area contributed by atoms with Crippen LogP contribution in [0.1, 0.15) is 36.3 Å². The molecular formula is C28H31FN2O5. The molecule has 3 N–H and O–H groups in total. The number of hydrogen-bond donors (Lipinski definition) is 2. The average molecular weight is 495 g/mol. The number of primary amides is 1. The highest BCUT2D eigenvalue weighted by Crippen LogP contribution is 2.40. The molecule has 0 aliphatic rings. The summed E-state index contributed by atoms with van der Waals surface area (Å²) in [5, 5.41) is 10.6. The van der Waals surface area contributed by atoms with Crippen LogP contribution in [-0.4, -0.2) is 40.6 Å². The molecule has 0 spiro atoms. The first kappa shape index (κ1) is 29.7. The molecule has 0 aliphatic carbocycles. The van der Waals surface area contributed by atoms with Crippen LogP contribution in [0.5, 0.6) is 5.75 Å². The molecule has 1 heterocycles. The molecule has 0 saturated heterocycles. The number of carbonyl (C=O) groups excluding carboxylic acids is 2. The van der Waals surface area contributed by atoms with Gasteiger partial charge in [-0.2, -0.15) is 0 Å². The molecule has 1 aromatic heterocycles. The first-order valence-electron chi connectivity index (χ1n) is 11.1. The number of nitrogens with two attached hydrogens (primary N) is 1. The molecular weight excluding hydrogens is 463 g/mol. The molecule has 1 amide bonds. The molecule has 3 aromatic rings. The number of fused-ring (bicyclic) bond motifs is 2. The lowest BCUT2D eigenvalue weighted by atomic mass is 10.0. The van der Waals surface area contributed by atoms with Crippen molar-refractivity contribution in [1.82, 2.24) is 4.57 Å². The van der Waals surface area contributed by atoms with Gasteiger partial charge in [-0.25, -0.2) is 9.18 Å². The van der Waals surface area contributed by atoms with Gasteiger partial charge in [0, 0.05) is 17.6 Å². The van der Waals surface area contributed by atoms with Crippen molar-refractivity contribution in [1.29, 1.82) is 0 Å². The van der Waals surface area contributed by atoms with Crippen LogP contribution in [0.4, 0.5) is 4.39 Å². The fourth-order valence-corrected chi connectivity index (χ4v) is 3.64. The van der Waals surface area contributed by atoms with Crippen LogP contribution in [0.3, 0.4) is 0 Å². The van der Waals surface area contributed by atoms with Crippen LogP contribution in [0.2, 0.25) is 0 Å². The smallest absolute Gasteiger partial charge is 0.341 e. The van der Waals surface area contributed by atoms with Crippen LogP contribution in [0, 0.1) is 19.8 Å². The Hall–Kier alpha value is -4.38. The summed E-state index contributed by atoms with van der Waals surface area (Å²) >= 11 is 0. The molecule has 0 saturated carbocycles. The zero-order valence-corrected chi connectivity index (χ0v) is 20.7. The van der Waals surface area contributed by atoms with E-state index < -0.39 is 30.9 Å². The molecule has 8 heteroatoms. The summed E-state index contributed by atoms with van der Waals surface area (Å²) in [6.07, 6.45) is 13.3. The number of terminal acetylenes is 1. The Morgan fingerprint density at radius 3 is 2.39 bits per heavy atom. The number of alkyl halides is 1. The van der Waals surface area contributed by atoms with Gasteiger partial charge in [0.2, 0.25) is 0 Å². The second-order valence-corrected chi connectivity index (χ2v) is 7.60. The highest BCUT2D eigenvalue weighted by atomic mass is 19.1. The monoisotopic (exact) mass is 494 g/mol. The molecule has 3 rings (SSSR count). The van der Waals surface area contributed by atoms with E-state index in [9.17, 15) is 18.8 Å². The van der Waals surface area contributed by atoms with E-state index >= 15 is 0 Å². The maximum atomic E-state index is 13.1. The van der Waals surface area contributed by atoms with Gasteiger partial charge in [-0.3, -0.25) is 9.59 Å². The molecule has 190 valence electrons. The lowest BCUT2D eigenvalue weighted by molar-refractivity contribution is -0.139. The maximum Gasteiger partial charge on any atom is 0.341 e. The second-order valence-electron chi connectivity index (χ2n) is 7.60. The van der Waals surface area contributed by atoms with Crippen LogP contribution < -0.4 is 10.5 Å². The Labute approximate surface area is 210 Å². The van der Waals surface area contributed by atoms with Crippen molar-refractivity contribution in [2.45, 2.75) is 33.7 Å². The number of amides is 1. The molecule has 0 atom stereocenters. The minimum Gasteiger partial charge on any atom is -0.481 e. The number of ether oxygens (including phenoxy) is 1. The van der Waals surface area contributed by atoms with Gasteiger partial charge in [0.05, 0.1) is 16.5 Å². The number of hydrogen-bond acceptors (Lipinski definition) is 4. The number of aliphatic carboxylic acids is 1. The zero-order valence-electron chi connectivity index (χ0n) is 20.7. The van der Waals surface area contributed by atoms with Gasteiger partial charge in [0.15, 0.2) is 6.61 Å².